The number of carbonyl (C=O) groups is 3. The number of ether oxygens (including phenoxy) is 1. The number of nitrogens with one attached hydrogen (secondary N) is 2. The van der Waals surface area contributed by atoms with Gasteiger partial charge in [-0.15, -0.1) is 0 Å². The van der Waals surface area contributed by atoms with Gasteiger partial charge in [-0.25, -0.2) is 0 Å². The van der Waals surface area contributed by atoms with E-state index >= 15 is 0 Å². The Morgan fingerprint density at radius 3 is 1.97 bits per heavy atom. The van der Waals surface area contributed by atoms with Crippen molar-refractivity contribution in [1.82, 2.24) is 10.6 Å². The summed E-state index contributed by atoms with van der Waals surface area (Å²) in [5.74, 6) is -0.265. The van der Waals surface area contributed by atoms with Crippen LogP contribution in [0.5, 0.6) is 0 Å². The molecule has 0 saturated carbocycles. The number of esters is 1. The molecule has 0 radical (unpaired) electrons. The lowest BCUT2D eigenvalue weighted by molar-refractivity contribution is -0.153. The molecule has 0 aliphatic rings. The lowest BCUT2D eigenvalue weighted by Crippen LogP contribution is -2.47. The van der Waals surface area contributed by atoms with Crippen LogP contribution in [0.2, 0.25) is 0 Å². The first-order chi connectivity index (χ1) is 18.7. The van der Waals surface area contributed by atoms with Crippen LogP contribution >= 0.6 is 11.8 Å². The van der Waals surface area contributed by atoms with Gasteiger partial charge in [-0.2, -0.15) is 11.8 Å². The minimum atomic E-state index is -1.36. The zero-order valence-electron chi connectivity index (χ0n) is 24.3. The molecule has 0 rings (SSSR count). The number of rotatable bonds is 22. The van der Waals surface area contributed by atoms with Crippen molar-refractivity contribution in [2.75, 3.05) is 31.7 Å². The van der Waals surface area contributed by atoms with Gasteiger partial charge < -0.3 is 20.5 Å². The molecule has 0 aliphatic carbocycles. The van der Waals surface area contributed by atoms with E-state index < -0.39 is 17.4 Å². The summed E-state index contributed by atoms with van der Waals surface area (Å²) in [5.41, 5.74) is -0.954. The third-order valence-corrected chi connectivity index (χ3v) is 6.23. The van der Waals surface area contributed by atoms with Crippen LogP contribution in [0.25, 0.3) is 0 Å². The maximum absolute atomic E-state index is 12.3. The SMILES string of the molecule is C/C=C\C/C=C\C/C=C\C/C=C\C/C=C\CCCC(=O)OCC(C)(C)[C@@H](O)C(=O)NCCC(=O)NCCSC. The summed E-state index contributed by atoms with van der Waals surface area (Å²) in [5, 5.41) is 15.7. The molecule has 0 fully saturated rings. The Bertz CT molecular complexity index is 831. The van der Waals surface area contributed by atoms with Crippen LogP contribution < -0.4 is 10.6 Å². The molecule has 2 amide bonds. The molecular formula is C31H50N2O5S. The van der Waals surface area contributed by atoms with Gasteiger partial charge >= 0.3 is 5.97 Å². The number of aliphatic hydroxyl groups excluding tert-OH is 1. The maximum atomic E-state index is 12.3. The van der Waals surface area contributed by atoms with Crippen molar-refractivity contribution >= 4 is 29.5 Å². The smallest absolute Gasteiger partial charge is 0.305 e. The van der Waals surface area contributed by atoms with E-state index in [9.17, 15) is 19.5 Å². The van der Waals surface area contributed by atoms with Gasteiger partial charge in [0, 0.05) is 37.1 Å². The Morgan fingerprint density at radius 1 is 0.846 bits per heavy atom. The summed E-state index contributed by atoms with van der Waals surface area (Å²) < 4.78 is 5.31. The first-order valence-corrected chi connectivity index (χ1v) is 15.2. The number of hydrogen-bond acceptors (Lipinski definition) is 6. The van der Waals surface area contributed by atoms with Crippen LogP contribution in [0.1, 0.15) is 72.1 Å². The van der Waals surface area contributed by atoms with Crippen LogP contribution in [-0.4, -0.2) is 60.7 Å². The summed E-state index contributed by atoms with van der Waals surface area (Å²) >= 11 is 1.64. The Kier molecular flexibility index (Phi) is 22.8. The van der Waals surface area contributed by atoms with Crippen LogP contribution in [0.15, 0.2) is 60.8 Å². The molecule has 0 aliphatic heterocycles. The summed E-state index contributed by atoms with van der Waals surface area (Å²) in [4.78, 5) is 36.0. The third kappa shape index (κ3) is 22.0. The van der Waals surface area contributed by atoms with E-state index in [-0.39, 0.29) is 37.9 Å². The monoisotopic (exact) mass is 562 g/mol. The molecule has 0 spiro atoms. The van der Waals surface area contributed by atoms with E-state index in [4.69, 9.17) is 4.74 Å². The topological polar surface area (TPSA) is 105 Å². The van der Waals surface area contributed by atoms with Crippen LogP contribution in [0, 0.1) is 5.41 Å². The number of aliphatic hydroxyl groups is 1. The van der Waals surface area contributed by atoms with E-state index in [1.54, 1.807) is 25.6 Å². The van der Waals surface area contributed by atoms with Gasteiger partial charge in [0.1, 0.15) is 6.10 Å². The van der Waals surface area contributed by atoms with Crippen molar-refractivity contribution in [3.05, 3.63) is 60.8 Å². The minimum Gasteiger partial charge on any atom is -0.465 e. The quantitative estimate of drug-likeness (QED) is 0.0923. The molecule has 0 aromatic carbocycles. The van der Waals surface area contributed by atoms with E-state index in [2.05, 4.69) is 71.4 Å². The lowest BCUT2D eigenvalue weighted by atomic mass is 9.87. The number of thioether (sulfide) groups is 1. The zero-order valence-corrected chi connectivity index (χ0v) is 25.1. The fourth-order valence-corrected chi connectivity index (χ4v) is 3.46. The fourth-order valence-electron chi connectivity index (χ4n) is 3.16. The van der Waals surface area contributed by atoms with Gasteiger partial charge in [-0.1, -0.05) is 74.6 Å². The molecule has 39 heavy (non-hydrogen) atoms. The largest absolute Gasteiger partial charge is 0.465 e. The summed E-state index contributed by atoms with van der Waals surface area (Å²) in [6, 6.07) is 0. The van der Waals surface area contributed by atoms with Crippen molar-refractivity contribution in [2.24, 2.45) is 5.41 Å². The number of carbonyl (C=O) groups excluding carboxylic acids is 3. The molecule has 0 heterocycles. The van der Waals surface area contributed by atoms with Crippen LogP contribution in [0.3, 0.4) is 0 Å². The first kappa shape index (κ1) is 36.4. The fraction of sp³-hybridized carbons (Fsp3) is 0.581. The predicted octanol–water partition coefficient (Wildman–Crippen LogP) is 5.43. The molecule has 0 saturated heterocycles. The average Bonchev–Trinajstić information content (AvgIpc) is 2.91. The predicted molar refractivity (Wildman–Crippen MR) is 163 cm³/mol. The van der Waals surface area contributed by atoms with Gasteiger partial charge in [0.2, 0.25) is 11.8 Å². The number of amides is 2. The molecule has 0 aromatic heterocycles. The molecular weight excluding hydrogens is 512 g/mol. The van der Waals surface area contributed by atoms with Crippen molar-refractivity contribution in [1.29, 1.82) is 0 Å². The Hall–Kier alpha value is -2.58. The normalized spacial score (nSPS) is 13.3. The molecule has 1 atom stereocenters. The maximum Gasteiger partial charge on any atom is 0.305 e. The number of hydrogen-bond donors (Lipinski definition) is 3. The Morgan fingerprint density at radius 2 is 1.41 bits per heavy atom. The lowest BCUT2D eigenvalue weighted by Gasteiger charge is -2.29. The molecule has 220 valence electrons. The van der Waals surface area contributed by atoms with E-state index in [0.717, 1.165) is 37.9 Å². The summed E-state index contributed by atoms with van der Waals surface area (Å²) in [6.07, 6.45) is 27.5. The molecule has 0 bridgehead atoms. The summed E-state index contributed by atoms with van der Waals surface area (Å²) in [6.45, 7) is 5.99. The minimum absolute atomic E-state index is 0.0723. The average molecular weight is 563 g/mol. The van der Waals surface area contributed by atoms with Gasteiger partial charge in [0.25, 0.3) is 0 Å². The summed E-state index contributed by atoms with van der Waals surface area (Å²) in [7, 11) is 0. The Balaban J connectivity index is 3.99. The van der Waals surface area contributed by atoms with E-state index in [1.807, 2.05) is 13.2 Å². The standard InChI is InChI=1S/C31H50N2O5S/c1-5-6-7-8-9-10-11-12-13-14-15-16-17-18-19-20-21-28(35)38-26-31(2,3)29(36)30(37)33-23-22-27(34)32-24-25-39-4/h5-6,8-9,11-12,14-15,17-18,29,36H,7,10,13,16,19-26H2,1-4H3,(H,32,34)(H,33,37)/b6-5-,9-8-,12-11-,15-14-,18-17-/t29-/m0/s1. The van der Waals surface area contributed by atoms with Gasteiger partial charge in [0.05, 0.1) is 6.61 Å². The third-order valence-electron chi connectivity index (χ3n) is 5.62. The molecule has 3 N–H and O–H groups in total. The molecule has 0 unspecified atom stereocenters. The van der Waals surface area contributed by atoms with Crippen molar-refractivity contribution in [3.8, 4) is 0 Å². The van der Waals surface area contributed by atoms with Crippen molar-refractivity contribution < 1.29 is 24.2 Å². The highest BCUT2D eigenvalue weighted by Crippen LogP contribution is 2.22. The van der Waals surface area contributed by atoms with Crippen molar-refractivity contribution in [3.63, 3.8) is 0 Å². The van der Waals surface area contributed by atoms with Gasteiger partial charge in [0.15, 0.2) is 0 Å². The zero-order chi connectivity index (χ0) is 29.2. The van der Waals surface area contributed by atoms with E-state index in [1.165, 1.54) is 0 Å². The number of allylic oxidation sites excluding steroid dienone is 10. The molecule has 8 heteroatoms. The van der Waals surface area contributed by atoms with Gasteiger partial charge in [-0.3, -0.25) is 14.4 Å². The van der Waals surface area contributed by atoms with Crippen LogP contribution in [0.4, 0.5) is 0 Å². The second-order valence-electron chi connectivity index (χ2n) is 9.73. The highest BCUT2D eigenvalue weighted by Gasteiger charge is 2.34. The number of unbranched alkanes of at least 4 members (excludes halogenated alkanes) is 1. The second kappa shape index (κ2) is 24.5. The van der Waals surface area contributed by atoms with Crippen LogP contribution in [-0.2, 0) is 19.1 Å². The molecule has 0 aromatic rings. The highest BCUT2D eigenvalue weighted by molar-refractivity contribution is 7.98. The first-order valence-electron chi connectivity index (χ1n) is 13.8. The Labute approximate surface area is 240 Å². The van der Waals surface area contributed by atoms with Gasteiger partial charge in [-0.05, 0) is 51.7 Å². The second-order valence-corrected chi connectivity index (χ2v) is 10.7. The van der Waals surface area contributed by atoms with E-state index in [0.29, 0.717) is 13.0 Å². The van der Waals surface area contributed by atoms with Crippen molar-refractivity contribution in [2.45, 2.75) is 78.2 Å². The molecule has 7 nitrogen and oxygen atoms in total. The highest BCUT2D eigenvalue weighted by atomic mass is 32.2.